The van der Waals surface area contributed by atoms with Crippen LogP contribution in [0.4, 0.5) is 0 Å². The lowest BCUT2D eigenvalue weighted by Crippen LogP contribution is -2.35. The van der Waals surface area contributed by atoms with Crippen molar-refractivity contribution in [2.75, 3.05) is 27.4 Å². The lowest BCUT2D eigenvalue weighted by Gasteiger charge is -2.21. The summed E-state index contributed by atoms with van der Waals surface area (Å²) in [5.74, 6) is 1.72. The third kappa shape index (κ3) is 4.90. The molecular weight excluding hydrogens is 258 g/mol. The lowest BCUT2D eigenvalue weighted by molar-refractivity contribution is 0.191. The zero-order valence-electron chi connectivity index (χ0n) is 12.9. The van der Waals surface area contributed by atoms with E-state index in [0.29, 0.717) is 23.8 Å². The summed E-state index contributed by atoms with van der Waals surface area (Å²) in [6.07, 6.45) is 0. The van der Waals surface area contributed by atoms with Crippen LogP contribution in [-0.4, -0.2) is 38.1 Å². The molecule has 0 aliphatic carbocycles. The summed E-state index contributed by atoms with van der Waals surface area (Å²) in [7, 11) is 3.17. The van der Waals surface area contributed by atoms with Crippen molar-refractivity contribution in [2.24, 2.45) is 0 Å². The van der Waals surface area contributed by atoms with E-state index in [1.165, 1.54) is 0 Å². The maximum atomic E-state index is 8.87. The Bertz CT molecular complexity index is 401. The quantitative estimate of drug-likeness (QED) is 0.801. The van der Waals surface area contributed by atoms with Crippen LogP contribution in [0.2, 0.25) is 0 Å². The highest BCUT2D eigenvalue weighted by atomic mass is 16.5. The van der Waals surface area contributed by atoms with E-state index in [4.69, 9.17) is 19.3 Å². The first-order valence-electron chi connectivity index (χ1n) is 6.65. The van der Waals surface area contributed by atoms with Crippen LogP contribution in [0, 0.1) is 0 Å². The van der Waals surface area contributed by atoms with Crippen LogP contribution in [0.25, 0.3) is 0 Å². The van der Waals surface area contributed by atoms with E-state index >= 15 is 0 Å². The molecule has 1 rings (SSSR count). The smallest absolute Gasteiger partial charge is 0.203 e. The molecule has 5 heteroatoms. The number of benzene rings is 1. The molecule has 2 N–H and O–H groups in total. The van der Waals surface area contributed by atoms with E-state index in [2.05, 4.69) is 26.1 Å². The molecule has 0 aliphatic heterocycles. The average molecular weight is 283 g/mol. The Kier molecular flexibility index (Phi) is 6.10. The number of hydrogen-bond donors (Lipinski definition) is 2. The second-order valence-corrected chi connectivity index (χ2v) is 5.51. The number of rotatable bonds is 7. The summed E-state index contributed by atoms with van der Waals surface area (Å²) in [6, 6.07) is 3.82. The van der Waals surface area contributed by atoms with Crippen molar-refractivity contribution in [1.29, 1.82) is 0 Å². The van der Waals surface area contributed by atoms with Crippen LogP contribution in [0.1, 0.15) is 26.3 Å². The van der Waals surface area contributed by atoms with E-state index in [1.807, 2.05) is 12.1 Å². The molecule has 0 aromatic heterocycles. The molecule has 114 valence electrons. The second kappa shape index (κ2) is 7.36. The third-order valence-electron chi connectivity index (χ3n) is 2.68. The molecule has 0 amide bonds. The van der Waals surface area contributed by atoms with Gasteiger partial charge in [0, 0.05) is 12.1 Å². The fraction of sp³-hybridized carbons (Fsp3) is 0.600. The Labute approximate surface area is 120 Å². The van der Waals surface area contributed by atoms with Gasteiger partial charge in [-0.05, 0) is 38.5 Å². The van der Waals surface area contributed by atoms with Gasteiger partial charge in [-0.1, -0.05) is 0 Å². The number of aliphatic hydroxyl groups excluding tert-OH is 1. The van der Waals surface area contributed by atoms with E-state index in [9.17, 15) is 0 Å². The maximum absolute atomic E-state index is 8.87. The van der Waals surface area contributed by atoms with Gasteiger partial charge >= 0.3 is 0 Å². The third-order valence-corrected chi connectivity index (χ3v) is 2.68. The predicted octanol–water partition coefficient (Wildman–Crippen LogP) is 1.96. The standard InChI is InChI=1S/C15H25NO4/c1-15(2,3)16-10-11-8-12(18-4)14(20-7-6-17)13(9-11)19-5/h8-9,16-17H,6-7,10H2,1-5H3. The van der Waals surface area contributed by atoms with Gasteiger partial charge in [0.1, 0.15) is 6.61 Å². The highest BCUT2D eigenvalue weighted by Crippen LogP contribution is 2.38. The average Bonchev–Trinajstić information content (AvgIpc) is 2.41. The fourth-order valence-corrected chi connectivity index (χ4v) is 1.69. The van der Waals surface area contributed by atoms with Crippen LogP contribution in [-0.2, 0) is 6.54 Å². The SMILES string of the molecule is COc1cc(CNC(C)(C)C)cc(OC)c1OCCO. The number of hydrogen-bond acceptors (Lipinski definition) is 5. The Morgan fingerprint density at radius 1 is 1.10 bits per heavy atom. The molecule has 0 heterocycles. The number of methoxy groups -OCH3 is 2. The van der Waals surface area contributed by atoms with Crippen molar-refractivity contribution < 1.29 is 19.3 Å². The summed E-state index contributed by atoms with van der Waals surface area (Å²) >= 11 is 0. The highest BCUT2D eigenvalue weighted by molar-refractivity contribution is 5.53. The normalized spacial score (nSPS) is 11.3. The van der Waals surface area contributed by atoms with Gasteiger partial charge in [0.2, 0.25) is 5.75 Å². The Morgan fingerprint density at radius 3 is 2.05 bits per heavy atom. The molecule has 20 heavy (non-hydrogen) atoms. The molecule has 0 spiro atoms. The Morgan fingerprint density at radius 2 is 1.65 bits per heavy atom. The zero-order chi connectivity index (χ0) is 15.2. The first-order chi connectivity index (χ1) is 9.41. The molecular formula is C15H25NO4. The van der Waals surface area contributed by atoms with Gasteiger partial charge in [-0.15, -0.1) is 0 Å². The van der Waals surface area contributed by atoms with Crippen molar-refractivity contribution in [3.8, 4) is 17.2 Å². The predicted molar refractivity (Wildman–Crippen MR) is 78.7 cm³/mol. The summed E-state index contributed by atoms with van der Waals surface area (Å²) in [5, 5.41) is 12.3. The molecule has 0 saturated carbocycles. The van der Waals surface area contributed by atoms with Gasteiger partial charge in [0.05, 0.1) is 20.8 Å². The Balaban J connectivity index is 2.99. The molecule has 1 aromatic carbocycles. The summed E-state index contributed by atoms with van der Waals surface area (Å²) < 4.78 is 16.2. The minimum Gasteiger partial charge on any atom is -0.493 e. The number of nitrogens with one attached hydrogen (secondary N) is 1. The molecule has 0 saturated heterocycles. The van der Waals surface area contributed by atoms with Gasteiger partial charge in [-0.25, -0.2) is 0 Å². The molecule has 1 aromatic rings. The molecule has 0 fully saturated rings. The van der Waals surface area contributed by atoms with Gasteiger partial charge in [-0.3, -0.25) is 0 Å². The zero-order valence-corrected chi connectivity index (χ0v) is 12.9. The van der Waals surface area contributed by atoms with Gasteiger partial charge in [0.15, 0.2) is 11.5 Å². The van der Waals surface area contributed by atoms with Crippen molar-refractivity contribution in [3.63, 3.8) is 0 Å². The van der Waals surface area contributed by atoms with Gasteiger partial charge < -0.3 is 24.6 Å². The molecule has 0 atom stereocenters. The summed E-state index contributed by atoms with van der Waals surface area (Å²) in [4.78, 5) is 0. The maximum Gasteiger partial charge on any atom is 0.203 e. The minimum absolute atomic E-state index is 0.0343. The first kappa shape index (κ1) is 16.6. The summed E-state index contributed by atoms with van der Waals surface area (Å²) in [5.41, 5.74) is 1.08. The number of aliphatic hydroxyl groups is 1. The fourth-order valence-electron chi connectivity index (χ4n) is 1.69. The molecule has 5 nitrogen and oxygen atoms in total. The molecule has 0 unspecified atom stereocenters. The number of ether oxygens (including phenoxy) is 3. The van der Waals surface area contributed by atoms with E-state index in [0.717, 1.165) is 5.56 Å². The lowest BCUT2D eigenvalue weighted by atomic mass is 10.1. The monoisotopic (exact) mass is 283 g/mol. The first-order valence-corrected chi connectivity index (χ1v) is 6.65. The largest absolute Gasteiger partial charge is 0.493 e. The van der Waals surface area contributed by atoms with E-state index in [-0.39, 0.29) is 18.8 Å². The van der Waals surface area contributed by atoms with Crippen LogP contribution in [0.3, 0.4) is 0 Å². The molecule has 0 aliphatic rings. The van der Waals surface area contributed by atoms with Crippen LogP contribution < -0.4 is 19.5 Å². The minimum atomic E-state index is -0.0559. The van der Waals surface area contributed by atoms with Crippen LogP contribution in [0.5, 0.6) is 17.2 Å². The van der Waals surface area contributed by atoms with E-state index < -0.39 is 0 Å². The van der Waals surface area contributed by atoms with Crippen molar-refractivity contribution >= 4 is 0 Å². The van der Waals surface area contributed by atoms with E-state index in [1.54, 1.807) is 14.2 Å². The van der Waals surface area contributed by atoms with Crippen molar-refractivity contribution in [1.82, 2.24) is 5.32 Å². The van der Waals surface area contributed by atoms with Crippen LogP contribution in [0.15, 0.2) is 12.1 Å². The molecule has 0 bridgehead atoms. The molecule has 0 radical (unpaired) electrons. The highest BCUT2D eigenvalue weighted by Gasteiger charge is 2.15. The van der Waals surface area contributed by atoms with Gasteiger partial charge in [0.25, 0.3) is 0 Å². The van der Waals surface area contributed by atoms with Crippen molar-refractivity contribution in [2.45, 2.75) is 32.9 Å². The topological polar surface area (TPSA) is 60.0 Å². The van der Waals surface area contributed by atoms with Gasteiger partial charge in [-0.2, -0.15) is 0 Å². The second-order valence-electron chi connectivity index (χ2n) is 5.51. The van der Waals surface area contributed by atoms with Crippen molar-refractivity contribution in [3.05, 3.63) is 17.7 Å². The Hall–Kier alpha value is -1.46. The summed E-state index contributed by atoms with van der Waals surface area (Å²) in [6.45, 7) is 7.18. The van der Waals surface area contributed by atoms with Crippen LogP contribution >= 0.6 is 0 Å².